The van der Waals surface area contributed by atoms with Crippen LogP contribution in [0.3, 0.4) is 0 Å². The summed E-state index contributed by atoms with van der Waals surface area (Å²) < 4.78 is 44.5. The molecule has 1 heterocycles. The fraction of sp³-hybridized carbons (Fsp3) is 0.0204. The summed E-state index contributed by atoms with van der Waals surface area (Å²) in [7, 11) is 0. The fourth-order valence-electron chi connectivity index (χ4n) is 8.05. The Morgan fingerprint density at radius 2 is 1.02 bits per heavy atom. The van der Waals surface area contributed by atoms with Crippen LogP contribution in [0.1, 0.15) is 27.7 Å². The molecule has 0 amide bonds. The van der Waals surface area contributed by atoms with Crippen LogP contribution in [-0.4, -0.2) is 0 Å². The zero-order chi connectivity index (χ0) is 37.3. The van der Waals surface area contributed by atoms with Crippen LogP contribution in [0.25, 0.3) is 44.2 Å². The molecule has 0 fully saturated rings. The number of nitrogens with zero attached hydrogens (tertiary/aromatic N) is 1. The molecule has 8 aromatic carbocycles. The number of hydrogen-bond donors (Lipinski definition) is 0. The molecule has 0 saturated carbocycles. The second-order valence-corrected chi connectivity index (χ2v) is 12.9. The lowest BCUT2D eigenvalue weighted by atomic mass is 9.67. The summed E-state index contributed by atoms with van der Waals surface area (Å²) >= 11 is 0. The Labute approximate surface area is 303 Å². The topological polar surface area (TPSA) is 16.4 Å². The van der Waals surface area contributed by atoms with Crippen LogP contribution in [0.15, 0.2) is 205 Å². The van der Waals surface area contributed by atoms with Crippen molar-refractivity contribution < 1.29 is 9.90 Å². The zero-order valence-electron chi connectivity index (χ0n) is 31.6. The summed E-state index contributed by atoms with van der Waals surface area (Å²) in [6.07, 6.45) is 0. The van der Waals surface area contributed by atoms with Gasteiger partial charge < -0.3 is 9.32 Å². The number of fused-ring (bicyclic) bond motifs is 6. The van der Waals surface area contributed by atoms with Crippen molar-refractivity contribution in [2.24, 2.45) is 0 Å². The molecule has 0 bridgehead atoms. The molecular formula is C49H33NO. The Morgan fingerprint density at radius 1 is 0.431 bits per heavy atom. The van der Waals surface area contributed by atoms with Gasteiger partial charge in [0.1, 0.15) is 11.2 Å². The van der Waals surface area contributed by atoms with Gasteiger partial charge in [-0.15, -0.1) is 0 Å². The van der Waals surface area contributed by atoms with E-state index in [0.717, 1.165) is 50.0 Å². The van der Waals surface area contributed by atoms with Crippen LogP contribution in [0, 0.1) is 0 Å². The first-order chi connectivity index (χ1) is 27.0. The molecular weight excluding hydrogens is 619 g/mol. The predicted octanol–water partition coefficient (Wildman–Crippen LogP) is 13.1. The van der Waals surface area contributed by atoms with E-state index >= 15 is 0 Å². The number of para-hydroxylation sites is 3. The highest BCUT2D eigenvalue weighted by molar-refractivity contribution is 6.09. The average Bonchev–Trinajstić information content (AvgIpc) is 3.77. The number of hydrogen-bond acceptors (Lipinski definition) is 2. The van der Waals surface area contributed by atoms with E-state index in [-0.39, 0.29) is 35.4 Å². The zero-order valence-corrected chi connectivity index (χ0v) is 27.6. The molecule has 0 atom stereocenters. The molecule has 2 nitrogen and oxygen atoms in total. The van der Waals surface area contributed by atoms with E-state index in [1.54, 1.807) is 0 Å². The summed E-state index contributed by atoms with van der Waals surface area (Å²) in [4.78, 5) is 1.87. The molecule has 0 N–H and O–H groups in total. The van der Waals surface area contributed by atoms with Crippen LogP contribution in [-0.2, 0) is 5.41 Å². The molecule has 1 aromatic heterocycles. The first kappa shape index (κ1) is 25.3. The average molecular weight is 656 g/mol. The van der Waals surface area contributed by atoms with E-state index in [4.69, 9.17) is 4.42 Å². The number of anilines is 3. The van der Waals surface area contributed by atoms with E-state index in [0.29, 0.717) is 16.7 Å². The van der Waals surface area contributed by atoms with Crippen molar-refractivity contribution in [2.45, 2.75) is 5.41 Å². The van der Waals surface area contributed by atoms with Gasteiger partial charge in [-0.25, -0.2) is 0 Å². The monoisotopic (exact) mass is 655 g/mol. The third-order valence-electron chi connectivity index (χ3n) is 10.2. The van der Waals surface area contributed by atoms with Gasteiger partial charge in [0, 0.05) is 33.4 Å². The summed E-state index contributed by atoms with van der Waals surface area (Å²) in [5.74, 6) is 0. The highest BCUT2D eigenvalue weighted by Gasteiger charge is 2.46. The quantitative estimate of drug-likeness (QED) is 0.177. The van der Waals surface area contributed by atoms with Gasteiger partial charge in [0.05, 0.1) is 10.9 Å². The maximum atomic E-state index is 9.61. The van der Waals surface area contributed by atoms with Gasteiger partial charge in [-0.05, 0) is 81.4 Å². The Bertz CT molecular complexity index is 2850. The molecule has 240 valence electrons. The molecule has 10 rings (SSSR count). The summed E-state index contributed by atoms with van der Waals surface area (Å²) in [6, 6.07) is 58.6. The number of rotatable bonds is 6. The van der Waals surface area contributed by atoms with Gasteiger partial charge in [0.25, 0.3) is 0 Å². The summed E-state index contributed by atoms with van der Waals surface area (Å²) in [5.41, 5.74) is 9.69. The standard InChI is InChI=1S/C49H33NO/c1-4-15-35(16-5-1)49(36-17-6-2-7-18-36)45-25-12-10-21-41(45)42-32-31-39(33-46(42)49)50(37-19-8-3-9-20-37)38-29-27-34(28-30-38)40-23-14-24-44-43-22-11-13-26-47(43)51-48(40)44/h1-33H/i27D,28D,29D,30D. The number of furan rings is 1. The predicted molar refractivity (Wildman–Crippen MR) is 211 cm³/mol. The van der Waals surface area contributed by atoms with Crippen LogP contribution < -0.4 is 4.90 Å². The first-order valence-corrected chi connectivity index (χ1v) is 17.2. The molecule has 1 aliphatic carbocycles. The van der Waals surface area contributed by atoms with Gasteiger partial charge in [0.15, 0.2) is 0 Å². The second-order valence-electron chi connectivity index (χ2n) is 12.9. The van der Waals surface area contributed by atoms with Gasteiger partial charge >= 0.3 is 0 Å². The largest absolute Gasteiger partial charge is 0.455 e. The lowest BCUT2D eigenvalue weighted by molar-refractivity contribution is 0.670. The Balaban J connectivity index is 1.23. The summed E-state index contributed by atoms with van der Waals surface area (Å²) in [6.45, 7) is 0. The molecule has 51 heavy (non-hydrogen) atoms. The minimum Gasteiger partial charge on any atom is -0.455 e. The third kappa shape index (κ3) is 4.50. The van der Waals surface area contributed by atoms with Crippen molar-refractivity contribution in [3.63, 3.8) is 0 Å². The summed E-state index contributed by atoms with van der Waals surface area (Å²) in [5, 5.41) is 1.79. The molecule has 0 spiro atoms. The van der Waals surface area contributed by atoms with Crippen LogP contribution >= 0.6 is 0 Å². The SMILES string of the molecule is [2H]c1c([2H])c(N(c2ccccc2)c2ccc3c(c2)C(c2ccccc2)(c2ccccc2)c2ccccc2-3)c([2H])c([2H])c1-c1cccc2c1oc1ccccc12. The minimum atomic E-state index is -0.656. The van der Waals surface area contributed by atoms with Crippen molar-refractivity contribution >= 4 is 39.0 Å². The van der Waals surface area contributed by atoms with E-state index in [1.807, 2.05) is 95.9 Å². The van der Waals surface area contributed by atoms with Crippen LogP contribution in [0.4, 0.5) is 17.1 Å². The Morgan fingerprint density at radius 3 is 1.76 bits per heavy atom. The van der Waals surface area contributed by atoms with Crippen molar-refractivity contribution in [3.05, 3.63) is 222 Å². The maximum absolute atomic E-state index is 9.61. The maximum Gasteiger partial charge on any atom is 0.143 e. The molecule has 0 saturated heterocycles. The van der Waals surface area contributed by atoms with Crippen molar-refractivity contribution in [1.29, 1.82) is 0 Å². The molecule has 0 unspecified atom stereocenters. The minimum absolute atomic E-state index is 0.138. The highest BCUT2D eigenvalue weighted by Crippen LogP contribution is 2.57. The van der Waals surface area contributed by atoms with E-state index in [1.165, 1.54) is 5.56 Å². The third-order valence-corrected chi connectivity index (χ3v) is 10.2. The lowest BCUT2D eigenvalue weighted by Crippen LogP contribution is -2.28. The van der Waals surface area contributed by atoms with Crippen molar-refractivity contribution in [1.82, 2.24) is 0 Å². The van der Waals surface area contributed by atoms with Crippen LogP contribution in [0.2, 0.25) is 0 Å². The molecule has 0 radical (unpaired) electrons. The number of benzene rings is 8. The van der Waals surface area contributed by atoms with Gasteiger partial charge in [-0.3, -0.25) is 0 Å². The molecule has 2 heteroatoms. The van der Waals surface area contributed by atoms with E-state index in [2.05, 4.69) is 84.9 Å². The molecule has 1 aliphatic rings. The smallest absolute Gasteiger partial charge is 0.143 e. The van der Waals surface area contributed by atoms with Crippen molar-refractivity contribution in [2.75, 3.05) is 4.90 Å². The lowest BCUT2D eigenvalue weighted by Gasteiger charge is -2.35. The van der Waals surface area contributed by atoms with Crippen LogP contribution in [0.5, 0.6) is 0 Å². The Kier molecular flexibility index (Phi) is 5.84. The van der Waals surface area contributed by atoms with Crippen molar-refractivity contribution in [3.8, 4) is 22.3 Å². The molecule has 0 aliphatic heterocycles. The van der Waals surface area contributed by atoms with E-state index < -0.39 is 5.41 Å². The molecule has 9 aromatic rings. The second kappa shape index (κ2) is 11.8. The van der Waals surface area contributed by atoms with Gasteiger partial charge in [-0.1, -0.05) is 158 Å². The Hall–Kier alpha value is -6.64. The van der Waals surface area contributed by atoms with Gasteiger partial charge in [0.2, 0.25) is 0 Å². The highest BCUT2D eigenvalue weighted by atomic mass is 16.3. The fourth-order valence-corrected chi connectivity index (χ4v) is 8.05. The van der Waals surface area contributed by atoms with Gasteiger partial charge in [-0.2, -0.15) is 0 Å². The van der Waals surface area contributed by atoms with E-state index in [9.17, 15) is 5.48 Å². The first-order valence-electron chi connectivity index (χ1n) is 19.2. The normalized spacial score (nSPS) is 14.0.